The first-order valence-electron chi connectivity index (χ1n) is 9.85. The van der Waals surface area contributed by atoms with Gasteiger partial charge in [0.25, 0.3) is 0 Å². The summed E-state index contributed by atoms with van der Waals surface area (Å²) < 4.78 is 35.4. The fraction of sp³-hybridized carbons (Fsp3) is 0.160. The molecule has 0 spiro atoms. The lowest BCUT2D eigenvalue weighted by Crippen LogP contribution is -2.00. The monoisotopic (exact) mass is 451 g/mol. The molecule has 5 nitrogen and oxygen atoms in total. The molecule has 7 heteroatoms. The van der Waals surface area contributed by atoms with Gasteiger partial charge in [-0.3, -0.25) is 4.98 Å². The van der Waals surface area contributed by atoms with Crippen LogP contribution in [-0.4, -0.2) is 26.3 Å². The predicted octanol–water partition coefficient (Wildman–Crippen LogP) is 6.13. The Morgan fingerprint density at radius 1 is 0.844 bits per heavy atom. The lowest BCUT2D eigenvalue weighted by Gasteiger charge is -2.15. The van der Waals surface area contributed by atoms with Crippen molar-refractivity contribution in [2.75, 3.05) is 21.3 Å². The predicted molar refractivity (Wildman–Crippen MR) is 123 cm³/mol. The molecule has 0 N–H and O–H groups in total. The first kappa shape index (κ1) is 21.8. The van der Waals surface area contributed by atoms with Crippen LogP contribution in [0.15, 0.2) is 76.7 Å². The van der Waals surface area contributed by atoms with E-state index in [1.165, 1.54) is 12.1 Å². The maximum Gasteiger partial charge on any atom is 0.203 e. The normalized spacial score (nSPS) is 10.8. The highest BCUT2D eigenvalue weighted by Gasteiger charge is 2.14. The standard InChI is InChI=1S/C25H22FNO4S/c1-28-22-12-16(13-23(29-2)25(22)30-3)15-31-18-6-9-20-21(14-18)27-11-10-24(20)32-19-7-4-17(26)5-8-19/h4-14H,15H2,1-3H3. The first-order valence-corrected chi connectivity index (χ1v) is 10.7. The third-order valence-corrected chi connectivity index (χ3v) is 5.93. The Balaban J connectivity index is 1.54. The largest absolute Gasteiger partial charge is 0.493 e. The number of fused-ring (bicyclic) bond motifs is 1. The van der Waals surface area contributed by atoms with Gasteiger partial charge in [0, 0.05) is 27.4 Å². The highest BCUT2D eigenvalue weighted by atomic mass is 32.2. The molecule has 0 atom stereocenters. The molecule has 32 heavy (non-hydrogen) atoms. The van der Waals surface area contributed by atoms with Gasteiger partial charge in [0.1, 0.15) is 18.2 Å². The van der Waals surface area contributed by atoms with Crippen LogP contribution in [-0.2, 0) is 6.61 Å². The van der Waals surface area contributed by atoms with Crippen LogP contribution in [0.5, 0.6) is 23.0 Å². The molecule has 0 saturated heterocycles. The number of pyridine rings is 1. The summed E-state index contributed by atoms with van der Waals surface area (Å²) in [6, 6.07) is 17.9. The van der Waals surface area contributed by atoms with Crippen LogP contribution in [0.1, 0.15) is 5.56 Å². The Bertz CT molecular complexity index is 1210. The van der Waals surface area contributed by atoms with Crippen molar-refractivity contribution in [1.82, 2.24) is 4.98 Å². The van der Waals surface area contributed by atoms with Crippen molar-refractivity contribution in [2.45, 2.75) is 16.4 Å². The van der Waals surface area contributed by atoms with Gasteiger partial charge < -0.3 is 18.9 Å². The molecule has 0 aliphatic heterocycles. The summed E-state index contributed by atoms with van der Waals surface area (Å²) in [6.45, 7) is 0.326. The van der Waals surface area contributed by atoms with E-state index in [2.05, 4.69) is 4.98 Å². The van der Waals surface area contributed by atoms with Crippen molar-refractivity contribution >= 4 is 22.7 Å². The summed E-state index contributed by atoms with van der Waals surface area (Å²) in [5, 5.41) is 1.00. The van der Waals surface area contributed by atoms with E-state index in [1.54, 1.807) is 51.4 Å². The number of ether oxygens (including phenoxy) is 4. The summed E-state index contributed by atoms with van der Waals surface area (Å²) in [5.41, 5.74) is 1.70. The minimum atomic E-state index is -0.247. The van der Waals surface area contributed by atoms with Crippen molar-refractivity contribution < 1.29 is 23.3 Å². The summed E-state index contributed by atoms with van der Waals surface area (Å²) in [7, 11) is 4.73. The number of aromatic nitrogens is 1. The minimum Gasteiger partial charge on any atom is -0.493 e. The lowest BCUT2D eigenvalue weighted by molar-refractivity contribution is 0.299. The van der Waals surface area contributed by atoms with E-state index in [4.69, 9.17) is 18.9 Å². The maximum atomic E-state index is 13.2. The fourth-order valence-electron chi connectivity index (χ4n) is 3.30. The summed E-state index contributed by atoms with van der Waals surface area (Å²) >= 11 is 1.57. The van der Waals surface area contributed by atoms with Gasteiger partial charge in [0.2, 0.25) is 5.75 Å². The van der Waals surface area contributed by atoms with E-state index < -0.39 is 0 Å². The number of hydrogen-bond donors (Lipinski definition) is 0. The van der Waals surface area contributed by atoms with Gasteiger partial charge in [-0.25, -0.2) is 4.39 Å². The highest BCUT2D eigenvalue weighted by molar-refractivity contribution is 7.99. The topological polar surface area (TPSA) is 49.8 Å². The Kier molecular flexibility index (Phi) is 6.66. The second-order valence-electron chi connectivity index (χ2n) is 6.87. The van der Waals surface area contributed by atoms with Gasteiger partial charge in [-0.1, -0.05) is 11.8 Å². The number of hydrogen-bond acceptors (Lipinski definition) is 6. The molecule has 0 aliphatic rings. The quantitative estimate of drug-likeness (QED) is 0.321. The molecule has 0 amide bonds. The van der Waals surface area contributed by atoms with E-state index >= 15 is 0 Å². The zero-order chi connectivity index (χ0) is 22.5. The number of nitrogens with zero attached hydrogens (tertiary/aromatic N) is 1. The Morgan fingerprint density at radius 2 is 1.56 bits per heavy atom. The molecule has 0 fully saturated rings. The van der Waals surface area contributed by atoms with Gasteiger partial charge in [0.05, 0.1) is 26.8 Å². The lowest BCUT2D eigenvalue weighted by atomic mass is 10.2. The second-order valence-corrected chi connectivity index (χ2v) is 7.98. The highest BCUT2D eigenvalue weighted by Crippen LogP contribution is 2.39. The van der Waals surface area contributed by atoms with E-state index in [0.29, 0.717) is 29.6 Å². The molecule has 0 saturated carbocycles. The van der Waals surface area contributed by atoms with Gasteiger partial charge in [0.15, 0.2) is 11.5 Å². The number of methoxy groups -OCH3 is 3. The maximum absolute atomic E-state index is 13.2. The van der Waals surface area contributed by atoms with Gasteiger partial charge in [-0.15, -0.1) is 0 Å². The van der Waals surface area contributed by atoms with Gasteiger partial charge >= 0.3 is 0 Å². The molecule has 0 radical (unpaired) electrons. The van der Waals surface area contributed by atoms with Crippen LogP contribution in [0.25, 0.3) is 10.9 Å². The number of benzene rings is 3. The Morgan fingerprint density at radius 3 is 2.22 bits per heavy atom. The zero-order valence-electron chi connectivity index (χ0n) is 17.9. The van der Waals surface area contributed by atoms with E-state index in [9.17, 15) is 4.39 Å². The fourth-order valence-corrected chi connectivity index (χ4v) is 4.23. The average Bonchev–Trinajstić information content (AvgIpc) is 2.83. The summed E-state index contributed by atoms with van der Waals surface area (Å²) in [6.07, 6.45) is 1.76. The van der Waals surface area contributed by atoms with Crippen LogP contribution in [0.3, 0.4) is 0 Å². The molecule has 164 valence electrons. The van der Waals surface area contributed by atoms with Crippen LogP contribution < -0.4 is 18.9 Å². The van der Waals surface area contributed by atoms with Crippen molar-refractivity contribution in [1.29, 1.82) is 0 Å². The average molecular weight is 452 g/mol. The molecule has 0 aliphatic carbocycles. The summed E-state index contributed by atoms with van der Waals surface area (Å²) in [5.74, 6) is 2.14. The van der Waals surface area contributed by atoms with Gasteiger partial charge in [-0.05, 0) is 60.2 Å². The molecule has 3 aromatic carbocycles. The molecule has 0 bridgehead atoms. The minimum absolute atomic E-state index is 0.247. The molecule has 1 aromatic heterocycles. The van der Waals surface area contributed by atoms with E-state index in [0.717, 1.165) is 26.3 Å². The molecule has 4 rings (SSSR count). The third-order valence-electron chi connectivity index (χ3n) is 4.85. The van der Waals surface area contributed by atoms with Crippen LogP contribution in [0.2, 0.25) is 0 Å². The Hall–Kier alpha value is -3.45. The first-order chi connectivity index (χ1) is 15.6. The van der Waals surface area contributed by atoms with Crippen molar-refractivity contribution in [3.05, 3.63) is 78.2 Å². The van der Waals surface area contributed by atoms with Gasteiger partial charge in [-0.2, -0.15) is 0 Å². The number of halogens is 1. The van der Waals surface area contributed by atoms with Crippen LogP contribution >= 0.6 is 11.8 Å². The molecule has 4 aromatic rings. The van der Waals surface area contributed by atoms with E-state index in [-0.39, 0.29) is 5.82 Å². The van der Waals surface area contributed by atoms with E-state index in [1.807, 2.05) is 36.4 Å². The number of rotatable bonds is 8. The molecular weight excluding hydrogens is 429 g/mol. The smallest absolute Gasteiger partial charge is 0.203 e. The zero-order valence-corrected chi connectivity index (χ0v) is 18.7. The second kappa shape index (κ2) is 9.78. The van der Waals surface area contributed by atoms with Crippen molar-refractivity contribution in [2.24, 2.45) is 0 Å². The van der Waals surface area contributed by atoms with Crippen LogP contribution in [0.4, 0.5) is 4.39 Å². The van der Waals surface area contributed by atoms with Crippen molar-refractivity contribution in [3.63, 3.8) is 0 Å². The molecule has 1 heterocycles. The Labute approximate surface area is 190 Å². The van der Waals surface area contributed by atoms with Crippen molar-refractivity contribution in [3.8, 4) is 23.0 Å². The summed E-state index contributed by atoms with van der Waals surface area (Å²) in [4.78, 5) is 6.48. The van der Waals surface area contributed by atoms with Crippen LogP contribution in [0, 0.1) is 5.82 Å². The molecular formula is C25H22FNO4S. The SMILES string of the molecule is COc1cc(COc2ccc3c(Sc4ccc(F)cc4)ccnc3c2)cc(OC)c1OC. The third kappa shape index (κ3) is 4.73. The molecule has 0 unspecified atom stereocenters.